The van der Waals surface area contributed by atoms with Crippen LogP contribution in [0.4, 0.5) is 4.79 Å². The molecule has 0 aromatic heterocycles. The molecule has 2 atom stereocenters. The summed E-state index contributed by atoms with van der Waals surface area (Å²) in [5.74, 6) is -0.361. The molecule has 0 bridgehead atoms. The number of carboxylic acid groups (broad SMARTS) is 1. The van der Waals surface area contributed by atoms with E-state index in [2.05, 4.69) is 0 Å². The molecule has 24 heavy (non-hydrogen) atoms. The van der Waals surface area contributed by atoms with E-state index < -0.39 is 23.7 Å². The first kappa shape index (κ1) is 18.1. The molecule has 6 heteroatoms. The molecule has 1 amide bonds. The van der Waals surface area contributed by atoms with E-state index in [1.165, 1.54) is 4.90 Å². The lowest BCUT2D eigenvalue weighted by molar-refractivity contribution is -0.142. The van der Waals surface area contributed by atoms with Crippen molar-refractivity contribution in [1.29, 1.82) is 0 Å². The number of nitrogens with zero attached hydrogens (tertiary/aromatic N) is 1. The average Bonchev–Trinajstić information content (AvgIpc) is 2.79. The molecule has 2 rings (SSSR count). The van der Waals surface area contributed by atoms with Gasteiger partial charge in [0.1, 0.15) is 23.5 Å². The molecule has 132 valence electrons. The number of aliphatic carboxylic acids is 1. The average molecular weight is 335 g/mol. The number of hydrogen-bond donors (Lipinski definition) is 1. The van der Waals surface area contributed by atoms with Crippen molar-refractivity contribution in [1.82, 2.24) is 4.90 Å². The van der Waals surface area contributed by atoms with Crippen molar-refractivity contribution in [2.24, 2.45) is 0 Å². The van der Waals surface area contributed by atoms with E-state index in [0.29, 0.717) is 5.75 Å². The first-order valence-corrected chi connectivity index (χ1v) is 8.02. The van der Waals surface area contributed by atoms with Gasteiger partial charge in [0.2, 0.25) is 0 Å². The smallest absolute Gasteiger partial charge is 0.411 e. The standard InChI is InChI=1S/C18H25NO5/c1-11-6-12(2)8-13(7-11)23-14-9-15(16(20)21)19(10-14)17(22)24-18(3,4)5/h6-8,14-15H,9-10H2,1-5H3,(H,20,21)/t14-,15-/m0/s1. The maximum absolute atomic E-state index is 12.3. The van der Waals surface area contributed by atoms with E-state index in [1.807, 2.05) is 32.0 Å². The first-order valence-electron chi connectivity index (χ1n) is 8.02. The van der Waals surface area contributed by atoms with Crippen LogP contribution in [0, 0.1) is 13.8 Å². The molecule has 0 saturated carbocycles. The molecule has 1 N–H and O–H groups in total. The SMILES string of the molecule is Cc1cc(C)cc(O[C@H]2C[C@@H](C(=O)O)N(C(=O)OC(C)(C)C)C2)c1. The van der Waals surface area contributed by atoms with Crippen molar-refractivity contribution >= 4 is 12.1 Å². The summed E-state index contributed by atoms with van der Waals surface area (Å²) in [6.07, 6.45) is -0.761. The number of hydrogen-bond acceptors (Lipinski definition) is 4. The van der Waals surface area contributed by atoms with Crippen LogP contribution in [0.2, 0.25) is 0 Å². The molecule has 0 unspecified atom stereocenters. The molecule has 1 heterocycles. The molecule has 1 fully saturated rings. The van der Waals surface area contributed by atoms with Crippen molar-refractivity contribution in [3.63, 3.8) is 0 Å². The molecule has 1 aromatic carbocycles. The van der Waals surface area contributed by atoms with Gasteiger partial charge in [0.25, 0.3) is 0 Å². The third-order valence-electron chi connectivity index (χ3n) is 3.67. The third kappa shape index (κ3) is 4.63. The minimum absolute atomic E-state index is 0.193. The predicted octanol–water partition coefficient (Wildman–Crippen LogP) is 3.14. The van der Waals surface area contributed by atoms with Crippen LogP contribution < -0.4 is 4.74 Å². The quantitative estimate of drug-likeness (QED) is 0.918. The number of likely N-dealkylation sites (tertiary alicyclic amines) is 1. The van der Waals surface area contributed by atoms with E-state index in [-0.39, 0.29) is 19.1 Å². The second-order valence-electron chi connectivity index (χ2n) is 7.29. The van der Waals surface area contributed by atoms with Gasteiger partial charge in [0.15, 0.2) is 0 Å². The minimum Gasteiger partial charge on any atom is -0.488 e. The molecular formula is C18H25NO5. The number of carbonyl (C=O) groups is 2. The highest BCUT2D eigenvalue weighted by molar-refractivity contribution is 5.81. The number of aryl methyl sites for hydroxylation is 2. The van der Waals surface area contributed by atoms with Crippen molar-refractivity contribution in [3.8, 4) is 5.75 Å². The summed E-state index contributed by atoms with van der Waals surface area (Å²) >= 11 is 0. The number of carbonyl (C=O) groups excluding carboxylic acids is 1. The van der Waals surface area contributed by atoms with Crippen LogP contribution in [0.3, 0.4) is 0 Å². The Kier molecular flexibility index (Phi) is 5.06. The number of benzene rings is 1. The van der Waals surface area contributed by atoms with Crippen LogP contribution in [0.5, 0.6) is 5.75 Å². The van der Waals surface area contributed by atoms with Crippen LogP contribution in [0.15, 0.2) is 18.2 Å². The van der Waals surface area contributed by atoms with Gasteiger partial charge in [-0.05, 0) is 57.9 Å². The van der Waals surface area contributed by atoms with Gasteiger partial charge >= 0.3 is 12.1 Å². The Morgan fingerprint density at radius 3 is 2.25 bits per heavy atom. The van der Waals surface area contributed by atoms with Crippen LogP contribution in [0.1, 0.15) is 38.3 Å². The largest absolute Gasteiger partial charge is 0.488 e. The zero-order valence-corrected chi connectivity index (χ0v) is 14.8. The van der Waals surface area contributed by atoms with E-state index in [4.69, 9.17) is 9.47 Å². The maximum atomic E-state index is 12.3. The summed E-state index contributed by atoms with van der Waals surface area (Å²) in [5.41, 5.74) is 1.47. The van der Waals surface area contributed by atoms with Gasteiger partial charge in [-0.3, -0.25) is 4.90 Å². The van der Waals surface area contributed by atoms with Crippen LogP contribution >= 0.6 is 0 Å². The van der Waals surface area contributed by atoms with E-state index in [1.54, 1.807) is 20.8 Å². The minimum atomic E-state index is -1.05. The maximum Gasteiger partial charge on any atom is 0.411 e. The zero-order chi connectivity index (χ0) is 18.1. The molecule has 6 nitrogen and oxygen atoms in total. The fourth-order valence-corrected chi connectivity index (χ4v) is 2.83. The van der Waals surface area contributed by atoms with E-state index in [0.717, 1.165) is 11.1 Å². The van der Waals surface area contributed by atoms with Crippen LogP contribution in [-0.4, -0.2) is 46.4 Å². The lowest BCUT2D eigenvalue weighted by Gasteiger charge is -2.26. The molecule has 0 aliphatic carbocycles. The van der Waals surface area contributed by atoms with Gasteiger partial charge in [0.05, 0.1) is 6.54 Å². The molecule has 0 radical (unpaired) electrons. The second kappa shape index (κ2) is 6.71. The van der Waals surface area contributed by atoms with Crippen molar-refractivity contribution in [2.45, 2.75) is 58.8 Å². The molecule has 1 aromatic rings. The zero-order valence-electron chi connectivity index (χ0n) is 14.8. The topological polar surface area (TPSA) is 76.1 Å². The summed E-state index contributed by atoms with van der Waals surface area (Å²) in [6, 6.07) is 4.91. The van der Waals surface area contributed by atoms with Gasteiger partial charge in [0, 0.05) is 6.42 Å². The summed E-state index contributed by atoms with van der Waals surface area (Å²) in [7, 11) is 0. The fraction of sp³-hybridized carbons (Fsp3) is 0.556. The molecule has 1 aliphatic heterocycles. The Morgan fingerprint density at radius 2 is 1.75 bits per heavy atom. The number of rotatable bonds is 3. The van der Waals surface area contributed by atoms with Crippen molar-refractivity contribution < 1.29 is 24.2 Å². The summed E-state index contributed by atoms with van der Waals surface area (Å²) in [4.78, 5) is 25.0. The highest BCUT2D eigenvalue weighted by Gasteiger charge is 2.42. The lowest BCUT2D eigenvalue weighted by Crippen LogP contribution is -2.43. The Bertz CT molecular complexity index is 615. The highest BCUT2D eigenvalue weighted by Crippen LogP contribution is 2.26. The predicted molar refractivity (Wildman–Crippen MR) is 89.3 cm³/mol. The Labute approximate surface area is 142 Å². The highest BCUT2D eigenvalue weighted by atomic mass is 16.6. The first-order chi connectivity index (χ1) is 11.0. The van der Waals surface area contributed by atoms with Crippen LogP contribution in [0.25, 0.3) is 0 Å². The summed E-state index contributed by atoms with van der Waals surface area (Å²) in [5, 5.41) is 9.40. The fourth-order valence-electron chi connectivity index (χ4n) is 2.83. The summed E-state index contributed by atoms with van der Waals surface area (Å²) < 4.78 is 11.2. The Hall–Kier alpha value is -2.24. The van der Waals surface area contributed by atoms with E-state index >= 15 is 0 Å². The molecular weight excluding hydrogens is 310 g/mol. The van der Waals surface area contributed by atoms with Gasteiger partial charge in [-0.2, -0.15) is 0 Å². The van der Waals surface area contributed by atoms with Crippen molar-refractivity contribution in [3.05, 3.63) is 29.3 Å². The van der Waals surface area contributed by atoms with E-state index in [9.17, 15) is 14.7 Å². The lowest BCUT2D eigenvalue weighted by atomic mass is 10.1. The van der Waals surface area contributed by atoms with Crippen LogP contribution in [-0.2, 0) is 9.53 Å². The third-order valence-corrected chi connectivity index (χ3v) is 3.67. The monoisotopic (exact) mass is 335 g/mol. The van der Waals surface area contributed by atoms with Gasteiger partial charge < -0.3 is 14.6 Å². The number of amides is 1. The Balaban J connectivity index is 2.11. The number of carboxylic acids is 1. The molecule has 0 spiro atoms. The Morgan fingerprint density at radius 1 is 1.17 bits per heavy atom. The van der Waals surface area contributed by atoms with Gasteiger partial charge in [-0.25, -0.2) is 9.59 Å². The number of ether oxygens (including phenoxy) is 2. The van der Waals surface area contributed by atoms with Gasteiger partial charge in [-0.15, -0.1) is 0 Å². The summed E-state index contributed by atoms with van der Waals surface area (Å²) in [6.45, 7) is 9.39. The van der Waals surface area contributed by atoms with Gasteiger partial charge in [-0.1, -0.05) is 6.07 Å². The normalized spacial score (nSPS) is 20.8. The molecule has 1 aliphatic rings. The molecule has 1 saturated heterocycles. The van der Waals surface area contributed by atoms with Crippen molar-refractivity contribution in [2.75, 3.05) is 6.54 Å². The second-order valence-corrected chi connectivity index (χ2v) is 7.29.